The average molecular weight is 653 g/mol. The van der Waals surface area contributed by atoms with Crippen LogP contribution in [0.15, 0.2) is 71.8 Å². The maximum absolute atomic E-state index is 14.0. The summed E-state index contributed by atoms with van der Waals surface area (Å²) in [5.41, 5.74) is 9.22. The second-order valence-electron chi connectivity index (χ2n) is 12.0. The maximum Gasteiger partial charge on any atom is 0.343 e. The minimum atomic E-state index is -0.611. The SMILES string of the molecule is C#Cc1cc(C[C@@H](CC(=O)N2CCC(n3nc(-c4ccccc4)[nH]c3=O)CC2)C(=O)N2CCN(c3ccncc3)CC2)cc(Cl)c1N. The summed E-state index contributed by atoms with van der Waals surface area (Å²) in [4.78, 5) is 53.3. The van der Waals surface area contributed by atoms with E-state index in [0.717, 1.165) is 16.8 Å². The van der Waals surface area contributed by atoms with E-state index in [0.29, 0.717) is 80.6 Å². The molecule has 2 aliphatic heterocycles. The van der Waals surface area contributed by atoms with Crippen LogP contribution in [0.25, 0.3) is 11.4 Å². The molecule has 4 heterocycles. The minimum absolute atomic E-state index is 0.0436. The lowest BCUT2D eigenvalue weighted by molar-refractivity contribution is -0.142. The molecule has 47 heavy (non-hydrogen) atoms. The van der Waals surface area contributed by atoms with E-state index in [2.05, 4.69) is 25.9 Å². The molecule has 2 saturated heterocycles. The van der Waals surface area contributed by atoms with Gasteiger partial charge in [0.15, 0.2) is 5.82 Å². The Morgan fingerprint density at radius 1 is 1.00 bits per heavy atom. The molecule has 4 aromatic rings. The van der Waals surface area contributed by atoms with E-state index in [4.69, 9.17) is 23.8 Å². The van der Waals surface area contributed by atoms with E-state index in [1.807, 2.05) is 47.4 Å². The Labute approximate surface area is 278 Å². The van der Waals surface area contributed by atoms with E-state index >= 15 is 0 Å². The molecule has 0 spiro atoms. The number of nitrogens with one attached hydrogen (secondary N) is 1. The van der Waals surface area contributed by atoms with Gasteiger partial charge in [0.05, 0.1) is 22.7 Å². The molecule has 2 aromatic carbocycles. The zero-order chi connectivity index (χ0) is 32.9. The summed E-state index contributed by atoms with van der Waals surface area (Å²) in [6.07, 6.45) is 10.7. The highest BCUT2D eigenvalue weighted by Crippen LogP contribution is 2.29. The number of carbonyl (C=O) groups excluding carboxylic acids is 2. The van der Waals surface area contributed by atoms with Crippen molar-refractivity contribution in [2.75, 3.05) is 49.9 Å². The van der Waals surface area contributed by atoms with Crippen molar-refractivity contribution in [2.45, 2.75) is 31.7 Å². The lowest BCUT2D eigenvalue weighted by Crippen LogP contribution is -2.51. The predicted octanol–water partition coefficient (Wildman–Crippen LogP) is 3.61. The number of likely N-dealkylation sites (tertiary alicyclic amines) is 1. The van der Waals surface area contributed by atoms with Crippen molar-refractivity contribution in [2.24, 2.45) is 5.92 Å². The molecule has 2 fully saturated rings. The van der Waals surface area contributed by atoms with Crippen LogP contribution in [-0.4, -0.2) is 80.6 Å². The van der Waals surface area contributed by atoms with Crippen LogP contribution in [-0.2, 0) is 16.0 Å². The number of rotatable bonds is 8. The van der Waals surface area contributed by atoms with Gasteiger partial charge in [0, 0.05) is 74.9 Å². The summed E-state index contributed by atoms with van der Waals surface area (Å²) < 4.78 is 1.50. The highest BCUT2D eigenvalue weighted by atomic mass is 35.5. The van der Waals surface area contributed by atoms with Crippen LogP contribution in [0.3, 0.4) is 0 Å². The second kappa shape index (κ2) is 14.1. The second-order valence-corrected chi connectivity index (χ2v) is 12.4. The third-order valence-corrected chi connectivity index (χ3v) is 9.38. The van der Waals surface area contributed by atoms with Gasteiger partial charge in [-0.2, -0.15) is 0 Å². The van der Waals surface area contributed by atoms with Crippen molar-refractivity contribution < 1.29 is 9.59 Å². The Morgan fingerprint density at radius 3 is 2.38 bits per heavy atom. The highest BCUT2D eigenvalue weighted by Gasteiger charge is 2.33. The number of pyridine rings is 1. The zero-order valence-corrected chi connectivity index (χ0v) is 26.8. The van der Waals surface area contributed by atoms with Crippen molar-refractivity contribution >= 4 is 34.8 Å². The number of hydrogen-bond acceptors (Lipinski definition) is 7. The summed E-state index contributed by atoms with van der Waals surface area (Å²) in [5, 5.41) is 4.87. The molecule has 11 nitrogen and oxygen atoms in total. The average Bonchev–Trinajstić information content (AvgIpc) is 3.51. The summed E-state index contributed by atoms with van der Waals surface area (Å²) in [6.45, 7) is 3.36. The number of hydrogen-bond donors (Lipinski definition) is 2. The quantitative estimate of drug-likeness (QED) is 0.219. The number of H-pyrrole nitrogens is 1. The van der Waals surface area contributed by atoms with Gasteiger partial charge in [-0.3, -0.25) is 19.6 Å². The van der Waals surface area contributed by atoms with E-state index in [1.165, 1.54) is 4.68 Å². The molecule has 2 amide bonds. The van der Waals surface area contributed by atoms with Gasteiger partial charge in [-0.05, 0) is 49.1 Å². The Hall–Kier alpha value is -5.08. The van der Waals surface area contributed by atoms with Crippen LogP contribution in [0.2, 0.25) is 5.02 Å². The van der Waals surface area contributed by atoms with Crippen molar-refractivity contribution in [3.8, 4) is 23.7 Å². The molecule has 1 atom stereocenters. The van der Waals surface area contributed by atoms with Gasteiger partial charge in [-0.1, -0.05) is 47.9 Å². The predicted molar refractivity (Wildman–Crippen MR) is 182 cm³/mol. The Balaban J connectivity index is 1.14. The summed E-state index contributed by atoms with van der Waals surface area (Å²) >= 11 is 6.39. The first-order chi connectivity index (χ1) is 22.8. The number of piperazine rings is 1. The molecule has 0 unspecified atom stereocenters. The minimum Gasteiger partial charge on any atom is -0.397 e. The van der Waals surface area contributed by atoms with E-state index < -0.39 is 5.92 Å². The van der Waals surface area contributed by atoms with Gasteiger partial charge in [0.25, 0.3) is 0 Å². The fourth-order valence-corrected chi connectivity index (χ4v) is 6.69. The number of benzene rings is 2. The summed E-state index contributed by atoms with van der Waals surface area (Å²) in [6, 6.07) is 16.8. The Bertz CT molecular complexity index is 1820. The molecule has 2 aromatic heterocycles. The molecular weight excluding hydrogens is 616 g/mol. The topological polar surface area (TPSA) is 133 Å². The molecule has 12 heteroatoms. The smallest absolute Gasteiger partial charge is 0.343 e. The van der Waals surface area contributed by atoms with Crippen LogP contribution in [0.4, 0.5) is 11.4 Å². The van der Waals surface area contributed by atoms with Crippen LogP contribution in [0.1, 0.15) is 36.4 Å². The van der Waals surface area contributed by atoms with Crippen molar-refractivity contribution in [1.82, 2.24) is 29.5 Å². The third-order valence-electron chi connectivity index (χ3n) is 9.07. The number of piperidine rings is 1. The Kier molecular flexibility index (Phi) is 9.59. The molecular formula is C35H37ClN8O3. The fourth-order valence-electron chi connectivity index (χ4n) is 6.45. The fraction of sp³-hybridized carbons (Fsp3) is 0.343. The van der Waals surface area contributed by atoms with Gasteiger partial charge in [-0.15, -0.1) is 11.5 Å². The molecule has 2 aliphatic rings. The number of amides is 2. The van der Waals surface area contributed by atoms with Gasteiger partial charge in [0.2, 0.25) is 11.8 Å². The van der Waals surface area contributed by atoms with Crippen LogP contribution in [0.5, 0.6) is 0 Å². The number of nitrogen functional groups attached to an aromatic ring is 1. The van der Waals surface area contributed by atoms with Gasteiger partial charge in [-0.25, -0.2) is 9.48 Å². The standard InChI is InChI=1S/C35H37ClN8O3/c1-2-25-20-24(22-30(36)32(25)37)21-27(34(46)43-18-16-41(17-19-43)28-8-12-38-13-9-28)23-31(45)42-14-10-29(11-15-42)44-35(47)39-33(40-44)26-6-4-3-5-7-26/h1,3-9,12-13,20,22,27,29H,10-11,14-19,21,23,37H2,(H,39,40,47)/t27-/m0/s1. The van der Waals surface area contributed by atoms with Crippen LogP contribution >= 0.6 is 11.6 Å². The molecule has 0 saturated carbocycles. The summed E-state index contributed by atoms with van der Waals surface area (Å²) in [7, 11) is 0. The lowest BCUT2D eigenvalue weighted by Gasteiger charge is -2.38. The van der Waals surface area contributed by atoms with Crippen molar-refractivity contribution in [1.29, 1.82) is 0 Å². The molecule has 0 bridgehead atoms. The van der Waals surface area contributed by atoms with Gasteiger partial charge >= 0.3 is 5.69 Å². The molecule has 242 valence electrons. The number of aromatic nitrogens is 4. The first kappa shape index (κ1) is 31.9. The number of nitrogens with zero attached hydrogens (tertiary/aromatic N) is 6. The monoisotopic (exact) mass is 652 g/mol. The molecule has 0 radical (unpaired) electrons. The van der Waals surface area contributed by atoms with Gasteiger partial charge < -0.3 is 20.4 Å². The molecule has 3 N–H and O–H groups in total. The maximum atomic E-state index is 14.0. The molecule has 6 rings (SSSR count). The summed E-state index contributed by atoms with van der Waals surface area (Å²) in [5.74, 6) is 2.30. The third kappa shape index (κ3) is 7.18. The van der Waals surface area contributed by atoms with Crippen LogP contribution < -0.4 is 16.3 Å². The number of carbonyl (C=O) groups is 2. The van der Waals surface area contributed by atoms with Crippen molar-refractivity contribution in [3.63, 3.8) is 0 Å². The molecule has 0 aliphatic carbocycles. The zero-order valence-electron chi connectivity index (χ0n) is 26.0. The van der Waals surface area contributed by atoms with Crippen molar-refractivity contribution in [3.05, 3.63) is 93.6 Å². The Morgan fingerprint density at radius 2 is 1.70 bits per heavy atom. The lowest BCUT2D eigenvalue weighted by atomic mass is 9.92. The number of anilines is 2. The number of terminal acetylenes is 1. The van der Waals surface area contributed by atoms with E-state index in [9.17, 15) is 14.4 Å². The van der Waals surface area contributed by atoms with E-state index in [1.54, 1.807) is 29.4 Å². The largest absolute Gasteiger partial charge is 0.397 e. The van der Waals surface area contributed by atoms with E-state index in [-0.39, 0.29) is 30.0 Å². The van der Waals surface area contributed by atoms with Crippen LogP contribution in [0, 0.1) is 18.3 Å². The first-order valence-electron chi connectivity index (χ1n) is 15.8. The van der Waals surface area contributed by atoms with Gasteiger partial charge in [0.1, 0.15) is 0 Å². The number of halogens is 1. The normalized spacial score (nSPS) is 16.1. The number of aromatic amines is 1. The first-order valence-corrected chi connectivity index (χ1v) is 16.2. The number of nitrogens with two attached hydrogens (primary N) is 1. The highest BCUT2D eigenvalue weighted by molar-refractivity contribution is 6.33.